The minimum absolute atomic E-state index is 1.23. The van der Waals surface area contributed by atoms with E-state index in [-0.39, 0.29) is 0 Å². The molecule has 4 rings (SSSR count). The number of hydrogen-bond donors (Lipinski definition) is 0. The maximum Gasteiger partial charge on any atom is 0.00695 e. The minimum Gasteiger partial charge on any atom is -0.130 e. The Balaban J connectivity index is 1.83. The predicted octanol–water partition coefficient (Wildman–Crippen LogP) is 6.89. The number of fused-ring (bicyclic) bond motifs is 3. The van der Waals surface area contributed by atoms with Crippen LogP contribution >= 0.6 is 11.8 Å². The van der Waals surface area contributed by atoms with E-state index in [0.717, 1.165) is 0 Å². The molecule has 0 amide bonds. The first-order chi connectivity index (χ1) is 11.8. The molecule has 24 heavy (non-hydrogen) atoms. The largest absolute Gasteiger partial charge is 0.130 e. The van der Waals surface area contributed by atoms with E-state index >= 15 is 0 Å². The van der Waals surface area contributed by atoms with Gasteiger partial charge in [0.15, 0.2) is 0 Å². The highest BCUT2D eigenvalue weighted by Crippen LogP contribution is 2.29. The van der Waals surface area contributed by atoms with Crippen molar-refractivity contribution in [3.8, 4) is 0 Å². The summed E-state index contributed by atoms with van der Waals surface area (Å²) in [6, 6.07) is 28.2. The molecule has 0 radical (unpaired) electrons. The molecule has 0 spiro atoms. The van der Waals surface area contributed by atoms with E-state index in [2.05, 4.69) is 97.3 Å². The summed E-state index contributed by atoms with van der Waals surface area (Å²) in [5.41, 5.74) is 2.49. The third kappa shape index (κ3) is 2.83. The highest BCUT2D eigenvalue weighted by Gasteiger charge is 2.03. The summed E-state index contributed by atoms with van der Waals surface area (Å²) in [5.74, 6) is 0. The minimum atomic E-state index is 1.23. The zero-order chi connectivity index (χ0) is 16.4. The first-order valence-electron chi connectivity index (χ1n) is 8.08. The summed E-state index contributed by atoms with van der Waals surface area (Å²) >= 11 is 1.77. The van der Waals surface area contributed by atoms with Gasteiger partial charge in [0.1, 0.15) is 0 Å². The van der Waals surface area contributed by atoms with Crippen molar-refractivity contribution in [2.24, 2.45) is 0 Å². The topological polar surface area (TPSA) is 0 Å². The molecule has 4 aromatic rings. The maximum atomic E-state index is 2.28. The molecule has 0 N–H and O–H groups in total. The Kier molecular flexibility index (Phi) is 4.10. The first kappa shape index (κ1) is 15.0. The quantitative estimate of drug-likeness (QED) is 0.224. The second-order valence-electron chi connectivity index (χ2n) is 5.84. The molecule has 0 saturated carbocycles. The lowest BCUT2D eigenvalue weighted by atomic mass is 9.97. The van der Waals surface area contributed by atoms with Crippen LogP contribution in [-0.4, -0.2) is 6.26 Å². The van der Waals surface area contributed by atoms with E-state index in [1.165, 1.54) is 37.6 Å². The fraction of sp³-hybridized carbons (Fsp3) is 0.0435. The summed E-state index contributed by atoms with van der Waals surface area (Å²) in [7, 11) is 0. The van der Waals surface area contributed by atoms with Crippen LogP contribution in [0.4, 0.5) is 0 Å². The second kappa shape index (κ2) is 6.54. The van der Waals surface area contributed by atoms with E-state index in [1.807, 2.05) is 0 Å². The number of thioether (sulfide) groups is 1. The molecular formula is C23H18S. The van der Waals surface area contributed by atoms with Crippen LogP contribution < -0.4 is 0 Å². The van der Waals surface area contributed by atoms with Gasteiger partial charge >= 0.3 is 0 Å². The Bertz CT molecular complexity index is 1030. The van der Waals surface area contributed by atoms with Crippen molar-refractivity contribution in [1.82, 2.24) is 0 Å². The highest BCUT2D eigenvalue weighted by molar-refractivity contribution is 7.98. The van der Waals surface area contributed by atoms with Crippen molar-refractivity contribution in [2.75, 3.05) is 6.26 Å². The average molecular weight is 326 g/mol. The van der Waals surface area contributed by atoms with E-state index in [1.54, 1.807) is 11.8 Å². The fourth-order valence-electron chi connectivity index (χ4n) is 3.12. The van der Waals surface area contributed by atoms with Crippen LogP contribution in [0, 0.1) is 0 Å². The molecule has 0 atom stereocenters. The molecule has 0 aliphatic heterocycles. The first-order valence-corrected chi connectivity index (χ1v) is 9.30. The van der Waals surface area contributed by atoms with Gasteiger partial charge in [-0.2, -0.15) is 0 Å². The zero-order valence-corrected chi connectivity index (χ0v) is 14.4. The van der Waals surface area contributed by atoms with Gasteiger partial charge in [0.05, 0.1) is 0 Å². The predicted molar refractivity (Wildman–Crippen MR) is 109 cm³/mol. The van der Waals surface area contributed by atoms with Gasteiger partial charge in [-0.3, -0.25) is 0 Å². The number of rotatable bonds is 3. The molecule has 0 nitrogen and oxygen atoms in total. The Morgan fingerprint density at radius 3 is 2.08 bits per heavy atom. The molecular weight excluding hydrogens is 308 g/mol. The highest BCUT2D eigenvalue weighted by atomic mass is 32.2. The lowest BCUT2D eigenvalue weighted by Crippen LogP contribution is -1.82. The molecule has 1 heteroatoms. The summed E-state index contributed by atoms with van der Waals surface area (Å²) in [5, 5.41) is 5.21. The molecule has 0 unspecified atom stereocenters. The molecule has 116 valence electrons. The van der Waals surface area contributed by atoms with E-state index in [4.69, 9.17) is 0 Å². The standard InChI is InChI=1S/C23H18S/c1-24-20-14-11-17(12-15-20)10-13-19-16-18-6-2-3-7-21(18)23-9-5-4-8-22(19)23/h2-16H,1H3/b13-10+. The van der Waals surface area contributed by atoms with Crippen LogP contribution in [0.3, 0.4) is 0 Å². The van der Waals surface area contributed by atoms with Gasteiger partial charge in [-0.15, -0.1) is 11.8 Å². The summed E-state index contributed by atoms with van der Waals surface area (Å²) in [6.07, 6.45) is 6.52. The van der Waals surface area contributed by atoms with Gasteiger partial charge in [-0.05, 0) is 57.1 Å². The molecule has 0 heterocycles. The molecule has 0 aromatic heterocycles. The normalized spacial score (nSPS) is 11.5. The maximum absolute atomic E-state index is 2.28. The van der Waals surface area contributed by atoms with Crippen molar-refractivity contribution >= 4 is 45.5 Å². The molecule has 0 aliphatic carbocycles. The van der Waals surface area contributed by atoms with Crippen molar-refractivity contribution in [1.29, 1.82) is 0 Å². The Hall–Kier alpha value is -2.51. The summed E-state index contributed by atoms with van der Waals surface area (Å²) in [6.45, 7) is 0. The third-order valence-corrected chi connectivity index (χ3v) is 5.11. The van der Waals surface area contributed by atoms with E-state index < -0.39 is 0 Å². The van der Waals surface area contributed by atoms with Crippen LogP contribution in [0.5, 0.6) is 0 Å². The molecule has 0 fully saturated rings. The van der Waals surface area contributed by atoms with Crippen molar-refractivity contribution < 1.29 is 0 Å². The van der Waals surface area contributed by atoms with Gasteiger partial charge in [0, 0.05) is 4.90 Å². The van der Waals surface area contributed by atoms with Crippen LogP contribution in [0.15, 0.2) is 83.8 Å². The third-order valence-electron chi connectivity index (χ3n) is 4.37. The van der Waals surface area contributed by atoms with E-state index in [9.17, 15) is 0 Å². The summed E-state index contributed by atoms with van der Waals surface area (Å²) < 4.78 is 0. The lowest BCUT2D eigenvalue weighted by Gasteiger charge is -2.08. The molecule has 0 bridgehead atoms. The van der Waals surface area contributed by atoms with Crippen LogP contribution in [-0.2, 0) is 0 Å². The average Bonchev–Trinajstić information content (AvgIpc) is 2.66. The van der Waals surface area contributed by atoms with Crippen molar-refractivity contribution in [3.63, 3.8) is 0 Å². The van der Waals surface area contributed by atoms with E-state index in [0.29, 0.717) is 0 Å². The van der Waals surface area contributed by atoms with Crippen LogP contribution in [0.2, 0.25) is 0 Å². The van der Waals surface area contributed by atoms with Crippen molar-refractivity contribution in [3.05, 3.63) is 90.0 Å². The SMILES string of the molecule is CSc1ccc(/C=C/c2cc3ccccc3c3ccccc23)cc1. The number of hydrogen-bond acceptors (Lipinski definition) is 1. The summed E-state index contributed by atoms with van der Waals surface area (Å²) in [4.78, 5) is 1.29. The van der Waals surface area contributed by atoms with Gasteiger partial charge in [0.2, 0.25) is 0 Å². The Labute approximate surface area is 146 Å². The smallest absolute Gasteiger partial charge is 0.00695 e. The van der Waals surface area contributed by atoms with Gasteiger partial charge in [-0.25, -0.2) is 0 Å². The van der Waals surface area contributed by atoms with Gasteiger partial charge in [-0.1, -0.05) is 72.8 Å². The lowest BCUT2D eigenvalue weighted by molar-refractivity contribution is 1.45. The van der Waals surface area contributed by atoms with Gasteiger partial charge < -0.3 is 0 Å². The van der Waals surface area contributed by atoms with Crippen LogP contribution in [0.1, 0.15) is 11.1 Å². The van der Waals surface area contributed by atoms with Gasteiger partial charge in [0.25, 0.3) is 0 Å². The number of benzene rings is 4. The molecule has 0 aliphatic rings. The molecule has 0 saturated heterocycles. The monoisotopic (exact) mass is 326 g/mol. The Morgan fingerprint density at radius 2 is 1.33 bits per heavy atom. The van der Waals surface area contributed by atoms with Crippen LogP contribution in [0.25, 0.3) is 33.7 Å². The van der Waals surface area contributed by atoms with Crippen molar-refractivity contribution in [2.45, 2.75) is 4.90 Å². The second-order valence-corrected chi connectivity index (χ2v) is 6.72. The fourth-order valence-corrected chi connectivity index (χ4v) is 3.53. The molecule has 4 aromatic carbocycles. The zero-order valence-electron chi connectivity index (χ0n) is 13.6. The Morgan fingerprint density at radius 1 is 0.667 bits per heavy atom.